The Morgan fingerprint density at radius 1 is 0.786 bits per heavy atom. The van der Waals surface area contributed by atoms with Gasteiger partial charge in [0.2, 0.25) is 11.8 Å². The molecule has 5 heteroatoms. The van der Waals surface area contributed by atoms with Crippen LogP contribution in [-0.4, -0.2) is 23.3 Å². The molecule has 2 amide bonds. The summed E-state index contributed by atoms with van der Waals surface area (Å²) in [6, 6.07) is 25.3. The normalized spacial score (nSPS) is 10.5. The van der Waals surface area contributed by atoms with Crippen LogP contribution in [0, 0.1) is 0 Å². The lowest BCUT2D eigenvalue weighted by Crippen LogP contribution is -2.29. The van der Waals surface area contributed by atoms with Gasteiger partial charge in [-0.25, -0.2) is 4.98 Å². The van der Waals surface area contributed by atoms with Gasteiger partial charge in [-0.3, -0.25) is 9.59 Å². The summed E-state index contributed by atoms with van der Waals surface area (Å²) in [4.78, 5) is 28.5. The van der Waals surface area contributed by atoms with Crippen LogP contribution in [0.15, 0.2) is 85.1 Å². The molecule has 5 nitrogen and oxygen atoms in total. The fraction of sp³-hybridized carbons (Fsp3) is 0.174. The van der Waals surface area contributed by atoms with E-state index in [9.17, 15) is 9.59 Å². The molecule has 0 spiro atoms. The zero-order valence-electron chi connectivity index (χ0n) is 15.5. The second kappa shape index (κ2) is 10.0. The summed E-state index contributed by atoms with van der Waals surface area (Å²) in [5, 5.41) is 5.56. The maximum atomic E-state index is 12.5. The number of aromatic nitrogens is 1. The number of hydrogen-bond acceptors (Lipinski definition) is 3. The maximum Gasteiger partial charge on any atom is 0.227 e. The van der Waals surface area contributed by atoms with Crippen LogP contribution in [0.4, 0.5) is 5.82 Å². The van der Waals surface area contributed by atoms with E-state index in [4.69, 9.17) is 0 Å². The summed E-state index contributed by atoms with van der Waals surface area (Å²) in [6.07, 6.45) is 2.14. The second-order valence-electron chi connectivity index (χ2n) is 6.44. The Morgan fingerprint density at radius 3 is 1.96 bits per heavy atom. The van der Waals surface area contributed by atoms with Crippen LogP contribution in [0.2, 0.25) is 0 Å². The summed E-state index contributed by atoms with van der Waals surface area (Å²) >= 11 is 0. The first-order valence-electron chi connectivity index (χ1n) is 9.30. The van der Waals surface area contributed by atoms with Crippen molar-refractivity contribution in [2.75, 3.05) is 11.9 Å². The fourth-order valence-electron chi connectivity index (χ4n) is 3.01. The molecule has 2 aromatic carbocycles. The number of anilines is 1. The van der Waals surface area contributed by atoms with E-state index in [0.717, 1.165) is 11.1 Å². The predicted octanol–water partition coefficient (Wildman–Crippen LogP) is 3.75. The van der Waals surface area contributed by atoms with Crippen LogP contribution in [0.25, 0.3) is 0 Å². The highest BCUT2D eigenvalue weighted by molar-refractivity contribution is 5.90. The van der Waals surface area contributed by atoms with Crippen molar-refractivity contribution in [3.05, 3.63) is 96.2 Å². The number of nitrogens with one attached hydrogen (secondary N) is 2. The molecule has 2 N–H and O–H groups in total. The second-order valence-corrected chi connectivity index (χ2v) is 6.44. The van der Waals surface area contributed by atoms with Crippen molar-refractivity contribution in [2.45, 2.75) is 18.8 Å². The van der Waals surface area contributed by atoms with E-state index in [0.29, 0.717) is 12.2 Å². The summed E-state index contributed by atoms with van der Waals surface area (Å²) in [5.74, 6) is 0.224. The number of benzene rings is 2. The molecule has 1 heterocycles. The summed E-state index contributed by atoms with van der Waals surface area (Å²) in [6.45, 7) is 0.286. The smallest absolute Gasteiger partial charge is 0.227 e. The minimum Gasteiger partial charge on any atom is -0.356 e. The van der Waals surface area contributed by atoms with Gasteiger partial charge in [-0.05, 0) is 23.3 Å². The molecule has 0 saturated heterocycles. The first kappa shape index (κ1) is 19.3. The zero-order chi connectivity index (χ0) is 19.6. The molecule has 0 fully saturated rings. The molecule has 0 unspecified atom stereocenters. The lowest BCUT2D eigenvalue weighted by Gasteiger charge is -2.18. The Balaban J connectivity index is 1.53. The van der Waals surface area contributed by atoms with Gasteiger partial charge in [-0.1, -0.05) is 66.7 Å². The number of pyridine rings is 1. The average Bonchev–Trinajstić information content (AvgIpc) is 2.74. The van der Waals surface area contributed by atoms with E-state index in [1.165, 1.54) is 0 Å². The van der Waals surface area contributed by atoms with Gasteiger partial charge in [0.05, 0.1) is 0 Å². The quantitative estimate of drug-likeness (QED) is 0.632. The van der Waals surface area contributed by atoms with Gasteiger partial charge in [-0.15, -0.1) is 0 Å². The highest BCUT2D eigenvalue weighted by Crippen LogP contribution is 2.27. The third-order valence-electron chi connectivity index (χ3n) is 4.40. The first-order valence-corrected chi connectivity index (χ1v) is 9.30. The molecule has 0 radical (unpaired) electrons. The highest BCUT2D eigenvalue weighted by atomic mass is 16.2. The number of hydrogen-bond donors (Lipinski definition) is 2. The maximum absolute atomic E-state index is 12.5. The molecule has 3 aromatic rings. The fourth-order valence-corrected chi connectivity index (χ4v) is 3.01. The molecule has 0 aliphatic rings. The van der Waals surface area contributed by atoms with Crippen molar-refractivity contribution in [2.24, 2.45) is 0 Å². The topological polar surface area (TPSA) is 71.1 Å². The van der Waals surface area contributed by atoms with Crippen molar-refractivity contribution in [1.82, 2.24) is 10.3 Å². The van der Waals surface area contributed by atoms with E-state index < -0.39 is 0 Å². The third-order valence-corrected chi connectivity index (χ3v) is 4.40. The summed E-state index contributed by atoms with van der Waals surface area (Å²) in [5.41, 5.74) is 2.19. The Hall–Kier alpha value is -3.47. The van der Waals surface area contributed by atoms with Crippen molar-refractivity contribution in [3.63, 3.8) is 0 Å². The van der Waals surface area contributed by atoms with E-state index in [1.54, 1.807) is 24.4 Å². The summed E-state index contributed by atoms with van der Waals surface area (Å²) < 4.78 is 0. The van der Waals surface area contributed by atoms with Crippen molar-refractivity contribution in [1.29, 1.82) is 0 Å². The minimum absolute atomic E-state index is 0.0234. The molecule has 142 valence electrons. The van der Waals surface area contributed by atoms with Crippen molar-refractivity contribution in [3.8, 4) is 0 Å². The lowest BCUT2D eigenvalue weighted by molar-refractivity contribution is -0.121. The molecule has 0 atom stereocenters. The molecule has 0 aliphatic carbocycles. The molecular weight excluding hydrogens is 350 g/mol. The number of rotatable bonds is 8. The van der Waals surface area contributed by atoms with Crippen LogP contribution < -0.4 is 10.6 Å². The Bertz CT molecular complexity index is 844. The minimum atomic E-state index is -0.179. The van der Waals surface area contributed by atoms with Gasteiger partial charge < -0.3 is 10.6 Å². The Morgan fingerprint density at radius 2 is 1.39 bits per heavy atom. The predicted molar refractivity (Wildman–Crippen MR) is 110 cm³/mol. The van der Waals surface area contributed by atoms with Gasteiger partial charge in [0, 0.05) is 31.5 Å². The van der Waals surface area contributed by atoms with Crippen molar-refractivity contribution >= 4 is 17.6 Å². The zero-order valence-corrected chi connectivity index (χ0v) is 15.5. The molecule has 0 bridgehead atoms. The Kier molecular flexibility index (Phi) is 6.90. The number of amides is 2. The van der Waals surface area contributed by atoms with Gasteiger partial charge in [0.1, 0.15) is 5.82 Å². The van der Waals surface area contributed by atoms with Gasteiger partial charge in [-0.2, -0.15) is 0 Å². The van der Waals surface area contributed by atoms with E-state index >= 15 is 0 Å². The van der Waals surface area contributed by atoms with Crippen molar-refractivity contribution < 1.29 is 9.59 Å². The van der Waals surface area contributed by atoms with Crippen LogP contribution in [-0.2, 0) is 9.59 Å². The van der Waals surface area contributed by atoms with Gasteiger partial charge in [0.15, 0.2) is 0 Å². The van der Waals surface area contributed by atoms with Gasteiger partial charge >= 0.3 is 0 Å². The Labute approximate surface area is 164 Å². The SMILES string of the molecule is O=C(CC(c1ccccc1)c1ccccc1)NCCC(=O)Nc1ccccn1. The van der Waals surface area contributed by atoms with E-state index in [-0.39, 0.29) is 30.7 Å². The third kappa shape index (κ3) is 5.77. The first-order chi connectivity index (χ1) is 13.7. The number of carbonyl (C=O) groups excluding carboxylic acids is 2. The molecule has 0 saturated carbocycles. The van der Waals surface area contributed by atoms with E-state index in [1.807, 2.05) is 60.7 Å². The van der Waals surface area contributed by atoms with Gasteiger partial charge in [0.25, 0.3) is 0 Å². The van der Waals surface area contributed by atoms with Crippen LogP contribution >= 0.6 is 0 Å². The number of carbonyl (C=O) groups is 2. The van der Waals surface area contributed by atoms with Crippen LogP contribution in [0.1, 0.15) is 29.9 Å². The molecule has 1 aromatic heterocycles. The number of nitrogens with zero attached hydrogens (tertiary/aromatic N) is 1. The highest BCUT2D eigenvalue weighted by Gasteiger charge is 2.18. The largest absolute Gasteiger partial charge is 0.356 e. The van der Waals surface area contributed by atoms with Crippen LogP contribution in [0.5, 0.6) is 0 Å². The van der Waals surface area contributed by atoms with E-state index in [2.05, 4.69) is 15.6 Å². The molecule has 28 heavy (non-hydrogen) atoms. The average molecular weight is 373 g/mol. The molecular formula is C23H23N3O2. The monoisotopic (exact) mass is 373 g/mol. The lowest BCUT2D eigenvalue weighted by atomic mass is 9.88. The summed E-state index contributed by atoms with van der Waals surface area (Å²) in [7, 11) is 0. The standard InChI is InChI=1S/C23H23N3O2/c27-22(26-21-13-7-8-15-24-21)14-16-25-23(28)17-20(18-9-3-1-4-10-18)19-11-5-2-6-12-19/h1-13,15,20H,14,16-17H2,(H,25,28)(H,24,26,27). The molecule has 3 rings (SSSR count). The van der Waals surface area contributed by atoms with Crippen LogP contribution in [0.3, 0.4) is 0 Å². The molecule has 0 aliphatic heterocycles.